The molecule has 1 rings (SSSR count). The maximum Gasteiger partial charge on any atom is 0.340 e. The highest BCUT2D eigenvalue weighted by molar-refractivity contribution is 5.89. The van der Waals surface area contributed by atoms with Gasteiger partial charge in [0.2, 0.25) is 0 Å². The molecule has 0 amide bonds. The van der Waals surface area contributed by atoms with Crippen LogP contribution in [0, 0.1) is 19.7 Å². The van der Waals surface area contributed by atoms with Crippen molar-refractivity contribution in [2.45, 2.75) is 13.8 Å². The van der Waals surface area contributed by atoms with Crippen molar-refractivity contribution in [1.82, 2.24) is 0 Å². The summed E-state index contributed by atoms with van der Waals surface area (Å²) in [6.45, 7) is 3.43. The Hall–Kier alpha value is -1.38. The van der Waals surface area contributed by atoms with E-state index < -0.39 is 11.8 Å². The molecule has 0 unspecified atom stereocenters. The quantitative estimate of drug-likeness (QED) is 0.622. The Balaban J connectivity index is 3.26. The van der Waals surface area contributed by atoms with Gasteiger partial charge < -0.3 is 4.74 Å². The summed E-state index contributed by atoms with van der Waals surface area (Å²) in [5.41, 5.74) is 1.30. The lowest BCUT2D eigenvalue weighted by atomic mass is 10.1. The number of rotatable bonds is 1. The van der Waals surface area contributed by atoms with Crippen LogP contribution in [0.3, 0.4) is 0 Å². The molecule has 0 heterocycles. The number of halogens is 1. The van der Waals surface area contributed by atoms with E-state index in [1.54, 1.807) is 19.9 Å². The molecule has 0 atom stereocenters. The molecule has 0 saturated heterocycles. The lowest BCUT2D eigenvalue weighted by Gasteiger charge is -2.05. The van der Waals surface area contributed by atoms with Gasteiger partial charge in [-0.2, -0.15) is 0 Å². The standard InChI is InChI=1S/C10H11FO2/c1-6-4-5-8(10(12)13-3)9(11)7(6)2/h4-5H,1-3H3. The molecule has 0 spiro atoms. The molecule has 1 aromatic rings. The molecule has 0 aliphatic rings. The summed E-state index contributed by atoms with van der Waals surface area (Å²) in [6.07, 6.45) is 0. The molecule has 1 aromatic carbocycles. The Bertz CT molecular complexity index is 345. The van der Waals surface area contributed by atoms with E-state index >= 15 is 0 Å². The molecule has 3 heteroatoms. The SMILES string of the molecule is COC(=O)c1ccc(C)c(C)c1F. The summed E-state index contributed by atoms with van der Waals surface area (Å²) in [4.78, 5) is 11.0. The van der Waals surface area contributed by atoms with Crippen LogP contribution in [0.25, 0.3) is 0 Å². The van der Waals surface area contributed by atoms with Gasteiger partial charge in [0.1, 0.15) is 5.82 Å². The van der Waals surface area contributed by atoms with Crippen molar-refractivity contribution in [2.75, 3.05) is 7.11 Å². The number of carbonyl (C=O) groups excluding carboxylic acids is 1. The maximum absolute atomic E-state index is 13.4. The summed E-state index contributed by atoms with van der Waals surface area (Å²) in [6, 6.07) is 3.13. The average molecular weight is 182 g/mol. The summed E-state index contributed by atoms with van der Waals surface area (Å²) < 4.78 is 17.8. The van der Waals surface area contributed by atoms with Crippen molar-refractivity contribution < 1.29 is 13.9 Å². The topological polar surface area (TPSA) is 26.3 Å². The van der Waals surface area contributed by atoms with Crippen molar-refractivity contribution in [3.05, 3.63) is 34.6 Å². The van der Waals surface area contributed by atoms with E-state index in [0.717, 1.165) is 5.56 Å². The molecule has 2 nitrogen and oxygen atoms in total. The molecule has 13 heavy (non-hydrogen) atoms. The van der Waals surface area contributed by atoms with E-state index in [1.807, 2.05) is 0 Å². The van der Waals surface area contributed by atoms with Crippen molar-refractivity contribution in [3.63, 3.8) is 0 Å². The molecule has 0 radical (unpaired) electrons. The Kier molecular flexibility index (Phi) is 2.66. The van der Waals surface area contributed by atoms with Crippen LogP contribution < -0.4 is 0 Å². The second kappa shape index (κ2) is 3.56. The van der Waals surface area contributed by atoms with Crippen molar-refractivity contribution in [3.8, 4) is 0 Å². The third-order valence-corrected chi connectivity index (χ3v) is 2.06. The molecule has 0 aromatic heterocycles. The molecule has 0 fully saturated rings. The highest BCUT2D eigenvalue weighted by Gasteiger charge is 2.14. The third kappa shape index (κ3) is 1.69. The van der Waals surface area contributed by atoms with E-state index in [9.17, 15) is 9.18 Å². The molecule has 0 aliphatic carbocycles. The highest BCUT2D eigenvalue weighted by atomic mass is 19.1. The minimum atomic E-state index is -0.638. The zero-order valence-corrected chi connectivity index (χ0v) is 7.85. The number of esters is 1. The first-order valence-electron chi connectivity index (χ1n) is 3.92. The first-order valence-corrected chi connectivity index (χ1v) is 3.92. The third-order valence-electron chi connectivity index (χ3n) is 2.06. The average Bonchev–Trinajstić information content (AvgIpc) is 2.13. The lowest BCUT2D eigenvalue weighted by molar-refractivity contribution is 0.0595. The Labute approximate surface area is 76.3 Å². The predicted octanol–water partition coefficient (Wildman–Crippen LogP) is 2.23. The van der Waals surface area contributed by atoms with Crippen LogP contribution >= 0.6 is 0 Å². The minimum absolute atomic E-state index is 0.00870. The Morgan fingerprint density at radius 1 is 1.38 bits per heavy atom. The van der Waals surface area contributed by atoms with Gasteiger partial charge in [0.15, 0.2) is 0 Å². The van der Waals surface area contributed by atoms with Crippen LogP contribution in [-0.2, 0) is 4.74 Å². The van der Waals surface area contributed by atoms with Crippen molar-refractivity contribution in [2.24, 2.45) is 0 Å². The number of benzene rings is 1. The first-order chi connectivity index (χ1) is 6.07. The smallest absolute Gasteiger partial charge is 0.340 e. The van der Waals surface area contributed by atoms with Gasteiger partial charge in [0, 0.05) is 0 Å². The van der Waals surface area contributed by atoms with Crippen LogP contribution in [0.1, 0.15) is 21.5 Å². The fraction of sp³-hybridized carbons (Fsp3) is 0.300. The molecular formula is C10H11FO2. The lowest BCUT2D eigenvalue weighted by Crippen LogP contribution is -2.06. The monoisotopic (exact) mass is 182 g/mol. The normalized spacial score (nSPS) is 9.85. The molecule has 70 valence electrons. The zero-order valence-electron chi connectivity index (χ0n) is 7.85. The number of ether oxygens (including phenoxy) is 1. The van der Waals surface area contributed by atoms with Crippen LogP contribution in [-0.4, -0.2) is 13.1 Å². The molecular weight excluding hydrogens is 171 g/mol. The van der Waals surface area contributed by atoms with E-state index in [2.05, 4.69) is 4.74 Å². The van der Waals surface area contributed by atoms with Crippen LogP contribution in [0.2, 0.25) is 0 Å². The predicted molar refractivity (Wildman–Crippen MR) is 47.2 cm³/mol. The highest BCUT2D eigenvalue weighted by Crippen LogP contribution is 2.16. The van der Waals surface area contributed by atoms with E-state index in [1.165, 1.54) is 13.2 Å². The maximum atomic E-state index is 13.4. The van der Waals surface area contributed by atoms with Gasteiger partial charge >= 0.3 is 5.97 Å². The second-order valence-electron chi connectivity index (χ2n) is 2.86. The molecule has 0 aliphatic heterocycles. The van der Waals surface area contributed by atoms with Crippen molar-refractivity contribution >= 4 is 5.97 Å². The fourth-order valence-corrected chi connectivity index (χ4v) is 1.05. The number of carbonyl (C=O) groups is 1. The zero-order chi connectivity index (χ0) is 10.0. The molecule has 0 bridgehead atoms. The van der Waals surface area contributed by atoms with Gasteiger partial charge in [0.05, 0.1) is 12.7 Å². The summed E-state index contributed by atoms with van der Waals surface area (Å²) in [5, 5.41) is 0. The summed E-state index contributed by atoms with van der Waals surface area (Å²) >= 11 is 0. The summed E-state index contributed by atoms with van der Waals surface area (Å²) in [5.74, 6) is -1.13. The van der Waals surface area contributed by atoms with Crippen LogP contribution in [0.4, 0.5) is 4.39 Å². The number of methoxy groups -OCH3 is 1. The number of hydrogen-bond acceptors (Lipinski definition) is 2. The van der Waals surface area contributed by atoms with E-state index in [-0.39, 0.29) is 5.56 Å². The summed E-state index contributed by atoms with van der Waals surface area (Å²) in [7, 11) is 1.23. The van der Waals surface area contributed by atoms with Gasteiger partial charge in [-0.05, 0) is 31.0 Å². The number of hydrogen-bond donors (Lipinski definition) is 0. The van der Waals surface area contributed by atoms with Gasteiger partial charge in [-0.15, -0.1) is 0 Å². The van der Waals surface area contributed by atoms with E-state index in [0.29, 0.717) is 5.56 Å². The van der Waals surface area contributed by atoms with Gasteiger partial charge in [-0.25, -0.2) is 9.18 Å². The molecule has 0 N–H and O–H groups in total. The largest absolute Gasteiger partial charge is 0.465 e. The van der Waals surface area contributed by atoms with Gasteiger partial charge in [-0.3, -0.25) is 0 Å². The van der Waals surface area contributed by atoms with Gasteiger partial charge in [-0.1, -0.05) is 6.07 Å². The minimum Gasteiger partial charge on any atom is -0.465 e. The van der Waals surface area contributed by atoms with Crippen molar-refractivity contribution in [1.29, 1.82) is 0 Å². The second-order valence-corrected chi connectivity index (χ2v) is 2.86. The van der Waals surface area contributed by atoms with Crippen LogP contribution in [0.5, 0.6) is 0 Å². The van der Waals surface area contributed by atoms with Gasteiger partial charge in [0.25, 0.3) is 0 Å². The molecule has 0 saturated carbocycles. The Morgan fingerprint density at radius 3 is 2.54 bits per heavy atom. The fourth-order valence-electron chi connectivity index (χ4n) is 1.05. The first kappa shape index (κ1) is 9.71. The van der Waals surface area contributed by atoms with E-state index in [4.69, 9.17) is 0 Å². The van der Waals surface area contributed by atoms with Crippen LogP contribution in [0.15, 0.2) is 12.1 Å². The Morgan fingerprint density at radius 2 is 2.00 bits per heavy atom. The number of aryl methyl sites for hydroxylation is 1.